The Kier molecular flexibility index (Phi) is 2.68. The van der Waals surface area contributed by atoms with Crippen molar-refractivity contribution in [3.8, 4) is 5.75 Å². The van der Waals surface area contributed by atoms with E-state index in [4.69, 9.17) is 4.74 Å². The van der Waals surface area contributed by atoms with Crippen LogP contribution in [0.15, 0.2) is 18.2 Å². The predicted molar refractivity (Wildman–Crippen MR) is 76.2 cm³/mol. The third-order valence-electron chi connectivity index (χ3n) is 5.06. The second-order valence-electron chi connectivity index (χ2n) is 6.06. The van der Waals surface area contributed by atoms with E-state index in [0.717, 1.165) is 36.5 Å². The molecule has 0 amide bonds. The summed E-state index contributed by atoms with van der Waals surface area (Å²) in [6.07, 6.45) is 6.74. The van der Waals surface area contributed by atoms with Gasteiger partial charge in [0.25, 0.3) is 0 Å². The Morgan fingerprint density at radius 2 is 2.00 bits per heavy atom. The summed E-state index contributed by atoms with van der Waals surface area (Å²) in [6.45, 7) is 0.886. The lowest BCUT2D eigenvalue weighted by molar-refractivity contribution is 0.288. The molecule has 2 aliphatic carbocycles. The van der Waals surface area contributed by atoms with Gasteiger partial charge in [0.05, 0.1) is 6.61 Å². The number of rotatable bonds is 2. The van der Waals surface area contributed by atoms with E-state index in [1.54, 1.807) is 0 Å². The maximum Gasteiger partial charge on any atom is 0.122 e. The van der Waals surface area contributed by atoms with E-state index in [0.29, 0.717) is 4.83 Å². The van der Waals surface area contributed by atoms with Crippen LogP contribution in [0.3, 0.4) is 0 Å². The lowest BCUT2D eigenvalue weighted by Crippen LogP contribution is -2.09. The molecular weight excluding hydrogens is 288 g/mol. The third kappa shape index (κ3) is 1.72. The fraction of sp³-hybridized carbons (Fsp3) is 0.625. The van der Waals surface area contributed by atoms with Gasteiger partial charge in [-0.1, -0.05) is 34.5 Å². The summed E-state index contributed by atoms with van der Waals surface area (Å²) in [6, 6.07) is 6.82. The minimum atomic E-state index is 0.569. The van der Waals surface area contributed by atoms with Gasteiger partial charge in [-0.05, 0) is 60.6 Å². The number of fused-ring (bicyclic) bond motifs is 2. The Bertz CT molecular complexity index is 460. The first-order valence-corrected chi connectivity index (χ1v) is 8.16. The number of halogens is 1. The highest BCUT2D eigenvalue weighted by Crippen LogP contribution is 2.64. The summed E-state index contributed by atoms with van der Waals surface area (Å²) in [5, 5.41) is 0. The van der Waals surface area contributed by atoms with Crippen LogP contribution in [0.5, 0.6) is 5.75 Å². The highest BCUT2D eigenvalue weighted by Gasteiger charge is 2.55. The largest absolute Gasteiger partial charge is 0.493 e. The van der Waals surface area contributed by atoms with Crippen LogP contribution in [-0.2, 0) is 6.42 Å². The maximum atomic E-state index is 5.69. The van der Waals surface area contributed by atoms with Crippen molar-refractivity contribution in [2.45, 2.75) is 36.9 Å². The molecule has 1 aromatic carbocycles. The number of aryl methyl sites for hydroxylation is 1. The van der Waals surface area contributed by atoms with Crippen LogP contribution in [-0.4, -0.2) is 6.61 Å². The number of hydrogen-bond donors (Lipinski definition) is 0. The molecule has 4 rings (SSSR count). The van der Waals surface area contributed by atoms with Crippen LogP contribution in [0.4, 0.5) is 0 Å². The van der Waals surface area contributed by atoms with Gasteiger partial charge in [-0.25, -0.2) is 0 Å². The molecule has 1 nitrogen and oxygen atoms in total. The molecule has 3 aliphatic rings. The van der Waals surface area contributed by atoms with Crippen LogP contribution in [0, 0.1) is 17.8 Å². The first-order valence-electron chi connectivity index (χ1n) is 7.24. The Balaban J connectivity index is 1.57. The smallest absolute Gasteiger partial charge is 0.122 e. The van der Waals surface area contributed by atoms with Gasteiger partial charge in [0.15, 0.2) is 0 Å². The third-order valence-corrected chi connectivity index (χ3v) is 6.20. The average Bonchev–Trinajstić information content (AvgIpc) is 2.90. The van der Waals surface area contributed by atoms with E-state index in [-0.39, 0.29) is 0 Å². The molecule has 3 atom stereocenters. The molecule has 2 heteroatoms. The molecule has 2 saturated carbocycles. The topological polar surface area (TPSA) is 9.23 Å². The minimum absolute atomic E-state index is 0.569. The fourth-order valence-corrected chi connectivity index (χ4v) is 5.15. The van der Waals surface area contributed by atoms with Gasteiger partial charge in [-0.15, -0.1) is 0 Å². The molecule has 0 N–H and O–H groups in total. The van der Waals surface area contributed by atoms with Crippen molar-refractivity contribution in [3.05, 3.63) is 29.3 Å². The maximum absolute atomic E-state index is 5.69. The van der Waals surface area contributed by atoms with Gasteiger partial charge in [0.2, 0.25) is 0 Å². The van der Waals surface area contributed by atoms with Crippen molar-refractivity contribution in [1.82, 2.24) is 0 Å². The van der Waals surface area contributed by atoms with Crippen LogP contribution in [0.1, 0.15) is 41.6 Å². The molecule has 18 heavy (non-hydrogen) atoms. The molecule has 1 heterocycles. The van der Waals surface area contributed by atoms with Gasteiger partial charge in [0.1, 0.15) is 5.75 Å². The van der Waals surface area contributed by atoms with E-state index in [2.05, 4.69) is 34.1 Å². The van der Waals surface area contributed by atoms with Crippen molar-refractivity contribution in [2.75, 3.05) is 6.61 Å². The van der Waals surface area contributed by atoms with Crippen LogP contribution in [0.25, 0.3) is 0 Å². The molecule has 2 fully saturated rings. The monoisotopic (exact) mass is 306 g/mol. The summed E-state index contributed by atoms with van der Waals surface area (Å²) in [5.41, 5.74) is 2.88. The van der Waals surface area contributed by atoms with Gasteiger partial charge >= 0.3 is 0 Å². The predicted octanol–water partition coefficient (Wildman–Crippen LogP) is 4.49. The Morgan fingerprint density at radius 3 is 2.83 bits per heavy atom. The Labute approximate surface area is 117 Å². The molecule has 1 aliphatic heterocycles. The Morgan fingerprint density at radius 1 is 1.17 bits per heavy atom. The van der Waals surface area contributed by atoms with Crippen LogP contribution in [0.2, 0.25) is 0 Å². The lowest BCUT2D eigenvalue weighted by atomic mass is 9.98. The SMILES string of the molecule is BrC(c1ccc2c(c1)CCCO2)C1C2CCCC21. The zero-order valence-corrected chi connectivity index (χ0v) is 12.2. The molecular formula is C16H19BrO. The normalized spacial score (nSPS) is 34.4. The van der Waals surface area contributed by atoms with E-state index < -0.39 is 0 Å². The standard InChI is InChI=1S/C16H19BrO/c17-16(15-12-4-1-5-13(12)15)11-6-7-14-10(9-11)3-2-8-18-14/h6-7,9,12-13,15-16H,1-5,8H2. The van der Waals surface area contributed by atoms with E-state index >= 15 is 0 Å². The number of benzene rings is 1. The van der Waals surface area contributed by atoms with Gasteiger partial charge in [-0.2, -0.15) is 0 Å². The number of alkyl halides is 1. The summed E-state index contributed by atoms with van der Waals surface area (Å²) in [5.74, 6) is 4.05. The second kappa shape index (κ2) is 4.26. The molecule has 0 spiro atoms. The fourth-order valence-electron chi connectivity index (χ4n) is 4.09. The molecule has 0 bridgehead atoms. The van der Waals surface area contributed by atoms with Gasteiger partial charge in [0, 0.05) is 4.83 Å². The summed E-state index contributed by atoms with van der Waals surface area (Å²) in [4.78, 5) is 0.569. The van der Waals surface area contributed by atoms with Crippen molar-refractivity contribution in [2.24, 2.45) is 17.8 Å². The highest BCUT2D eigenvalue weighted by molar-refractivity contribution is 9.09. The van der Waals surface area contributed by atoms with E-state index in [1.807, 2.05) is 0 Å². The van der Waals surface area contributed by atoms with Gasteiger partial charge in [-0.3, -0.25) is 0 Å². The molecule has 96 valence electrons. The second-order valence-corrected chi connectivity index (χ2v) is 7.04. The first kappa shape index (κ1) is 11.3. The van der Waals surface area contributed by atoms with Crippen LogP contribution < -0.4 is 4.74 Å². The molecule has 0 radical (unpaired) electrons. The molecule has 0 saturated heterocycles. The van der Waals surface area contributed by atoms with E-state index in [9.17, 15) is 0 Å². The zero-order valence-electron chi connectivity index (χ0n) is 10.6. The summed E-state index contributed by atoms with van der Waals surface area (Å²) in [7, 11) is 0. The van der Waals surface area contributed by atoms with Gasteiger partial charge < -0.3 is 4.74 Å². The molecule has 3 unspecified atom stereocenters. The first-order chi connectivity index (χ1) is 8.84. The quantitative estimate of drug-likeness (QED) is 0.731. The summed E-state index contributed by atoms with van der Waals surface area (Å²) >= 11 is 3.96. The van der Waals surface area contributed by atoms with Crippen molar-refractivity contribution in [3.63, 3.8) is 0 Å². The number of hydrogen-bond acceptors (Lipinski definition) is 1. The lowest BCUT2D eigenvalue weighted by Gasteiger charge is -2.20. The molecule has 0 aromatic heterocycles. The Hall–Kier alpha value is -0.500. The summed E-state index contributed by atoms with van der Waals surface area (Å²) < 4.78 is 5.69. The van der Waals surface area contributed by atoms with Crippen molar-refractivity contribution >= 4 is 15.9 Å². The number of ether oxygens (including phenoxy) is 1. The van der Waals surface area contributed by atoms with Crippen LogP contribution >= 0.6 is 15.9 Å². The van der Waals surface area contributed by atoms with Crippen molar-refractivity contribution in [1.29, 1.82) is 0 Å². The average molecular weight is 307 g/mol. The van der Waals surface area contributed by atoms with E-state index in [1.165, 1.54) is 36.8 Å². The zero-order chi connectivity index (χ0) is 12.1. The van der Waals surface area contributed by atoms with Crippen molar-refractivity contribution < 1.29 is 4.74 Å². The minimum Gasteiger partial charge on any atom is -0.493 e. The highest BCUT2D eigenvalue weighted by atomic mass is 79.9. The molecule has 1 aromatic rings.